The monoisotopic (exact) mass is 504 g/mol. The largest absolute Gasteiger partial charge is 0.383 e. The Hall–Kier alpha value is -3.13. The van der Waals surface area contributed by atoms with Crippen LogP contribution in [0.3, 0.4) is 0 Å². The molecule has 4 unspecified atom stereocenters. The third kappa shape index (κ3) is 5.44. The van der Waals surface area contributed by atoms with Crippen LogP contribution in [0.4, 0.5) is 17.2 Å². The summed E-state index contributed by atoms with van der Waals surface area (Å²) >= 11 is 0. The Morgan fingerprint density at radius 3 is 2.57 bits per heavy atom. The van der Waals surface area contributed by atoms with Gasteiger partial charge < -0.3 is 25.8 Å². The maximum atomic E-state index is 13.4. The van der Waals surface area contributed by atoms with Gasteiger partial charge in [-0.3, -0.25) is 9.59 Å². The van der Waals surface area contributed by atoms with Crippen LogP contribution in [-0.2, 0) is 16.0 Å². The SMILES string of the molecule is CCc1cc(NC(=O)C(=O)N2CC(C)CCC2c2ccc(N3CC4CCN(C)CC4C3)cc2)cnc1N. The number of nitrogens with zero attached hydrogens (tertiary/aromatic N) is 4. The Morgan fingerprint density at radius 2 is 1.81 bits per heavy atom. The number of nitrogen functional groups attached to an aromatic ring is 1. The van der Waals surface area contributed by atoms with Crippen LogP contribution in [0, 0.1) is 17.8 Å². The summed E-state index contributed by atoms with van der Waals surface area (Å²) in [6.07, 6.45) is 5.36. The molecule has 8 nitrogen and oxygen atoms in total. The van der Waals surface area contributed by atoms with Gasteiger partial charge in [0.2, 0.25) is 0 Å². The Kier molecular flexibility index (Phi) is 7.38. The lowest BCUT2D eigenvalue weighted by atomic mass is 9.89. The van der Waals surface area contributed by atoms with Crippen LogP contribution in [0.5, 0.6) is 0 Å². The topological polar surface area (TPSA) is 94.8 Å². The molecule has 3 aliphatic rings. The van der Waals surface area contributed by atoms with Crippen molar-refractivity contribution in [3.63, 3.8) is 0 Å². The number of rotatable bonds is 4. The highest BCUT2D eigenvalue weighted by molar-refractivity contribution is 6.39. The molecule has 1 aromatic heterocycles. The summed E-state index contributed by atoms with van der Waals surface area (Å²) in [5.74, 6) is 1.20. The fraction of sp³-hybridized carbons (Fsp3) is 0.552. The van der Waals surface area contributed by atoms with E-state index in [0.29, 0.717) is 30.4 Å². The normalized spacial score (nSPS) is 26.1. The number of pyridine rings is 1. The van der Waals surface area contributed by atoms with Gasteiger partial charge in [-0.05, 0) is 86.4 Å². The van der Waals surface area contributed by atoms with Gasteiger partial charge in [-0.1, -0.05) is 26.0 Å². The van der Waals surface area contributed by atoms with Gasteiger partial charge in [0.05, 0.1) is 17.9 Å². The Balaban J connectivity index is 1.28. The third-order valence-electron chi connectivity index (χ3n) is 8.56. The molecule has 0 aliphatic carbocycles. The van der Waals surface area contributed by atoms with Crippen molar-refractivity contribution in [1.29, 1.82) is 0 Å². The smallest absolute Gasteiger partial charge is 0.313 e. The molecule has 3 saturated heterocycles. The summed E-state index contributed by atoms with van der Waals surface area (Å²) in [5.41, 5.74) is 9.57. The number of nitrogens with two attached hydrogens (primary N) is 1. The van der Waals surface area contributed by atoms with Crippen LogP contribution in [0.2, 0.25) is 0 Å². The average molecular weight is 505 g/mol. The van der Waals surface area contributed by atoms with Crippen LogP contribution in [0.1, 0.15) is 50.3 Å². The molecule has 2 aromatic rings. The summed E-state index contributed by atoms with van der Waals surface area (Å²) in [5, 5.41) is 2.74. The Bertz CT molecular complexity index is 1140. The van der Waals surface area contributed by atoms with Crippen molar-refractivity contribution in [3.05, 3.63) is 47.7 Å². The second-order valence-electron chi connectivity index (χ2n) is 11.3. The molecule has 0 saturated carbocycles. The number of likely N-dealkylation sites (tertiary alicyclic amines) is 2. The second-order valence-corrected chi connectivity index (χ2v) is 11.3. The molecule has 5 rings (SSSR count). The van der Waals surface area contributed by atoms with E-state index in [9.17, 15) is 9.59 Å². The fourth-order valence-electron chi connectivity index (χ4n) is 6.38. The minimum atomic E-state index is -0.631. The number of hydrogen-bond donors (Lipinski definition) is 2. The number of nitrogens with one attached hydrogen (secondary N) is 1. The van der Waals surface area contributed by atoms with Crippen LogP contribution >= 0.6 is 0 Å². The number of aromatic nitrogens is 1. The molecule has 3 aliphatic heterocycles. The first-order valence-corrected chi connectivity index (χ1v) is 13.7. The number of hydrogen-bond acceptors (Lipinski definition) is 6. The van der Waals surface area contributed by atoms with Gasteiger partial charge >= 0.3 is 11.8 Å². The molecule has 0 radical (unpaired) electrons. The number of carbonyl (C=O) groups excluding carboxylic acids is 2. The van der Waals surface area contributed by atoms with Gasteiger partial charge in [-0.15, -0.1) is 0 Å². The highest BCUT2D eigenvalue weighted by atomic mass is 16.2. The predicted molar refractivity (Wildman–Crippen MR) is 147 cm³/mol. The fourth-order valence-corrected chi connectivity index (χ4v) is 6.38. The number of piperidine rings is 2. The van der Waals surface area contributed by atoms with E-state index in [0.717, 1.165) is 48.9 Å². The van der Waals surface area contributed by atoms with E-state index in [1.54, 1.807) is 11.0 Å². The molecule has 2 amide bonds. The molecule has 1 aromatic carbocycles. The van der Waals surface area contributed by atoms with Crippen molar-refractivity contribution in [3.8, 4) is 0 Å². The summed E-state index contributed by atoms with van der Waals surface area (Å²) in [7, 11) is 2.22. The Morgan fingerprint density at radius 1 is 1.05 bits per heavy atom. The number of amides is 2. The highest BCUT2D eigenvalue weighted by Crippen LogP contribution is 2.37. The van der Waals surface area contributed by atoms with Crippen molar-refractivity contribution < 1.29 is 9.59 Å². The maximum absolute atomic E-state index is 13.4. The van der Waals surface area contributed by atoms with E-state index in [4.69, 9.17) is 5.73 Å². The standard InChI is InChI=1S/C29H40N6O2/c1-4-20-13-24(14-31-27(20)30)32-28(36)29(37)35-15-19(2)5-10-26(35)21-6-8-25(9-7-21)34-17-22-11-12-33(3)16-23(22)18-34/h6-9,13-14,19,22-23,26H,4-5,10-12,15-18H2,1-3H3,(H2,30,31)(H,32,36). The zero-order valence-electron chi connectivity index (χ0n) is 22.3. The number of aryl methyl sites for hydroxylation is 1. The first kappa shape index (κ1) is 25.5. The summed E-state index contributed by atoms with van der Waals surface area (Å²) in [6.45, 7) is 9.31. The molecule has 3 N–H and O–H groups in total. The van der Waals surface area contributed by atoms with Crippen molar-refractivity contribution in [1.82, 2.24) is 14.8 Å². The van der Waals surface area contributed by atoms with E-state index in [-0.39, 0.29) is 6.04 Å². The van der Waals surface area contributed by atoms with Crippen molar-refractivity contribution in [2.24, 2.45) is 17.8 Å². The number of fused-ring (bicyclic) bond motifs is 1. The zero-order valence-corrected chi connectivity index (χ0v) is 22.3. The van der Waals surface area contributed by atoms with Crippen LogP contribution < -0.4 is 16.0 Å². The summed E-state index contributed by atoms with van der Waals surface area (Å²) in [4.78, 5) is 37.2. The third-order valence-corrected chi connectivity index (χ3v) is 8.56. The Labute approximate surface area is 220 Å². The molecule has 0 bridgehead atoms. The highest BCUT2D eigenvalue weighted by Gasteiger charge is 2.37. The molecule has 198 valence electrons. The molecule has 8 heteroatoms. The first-order chi connectivity index (χ1) is 17.8. The van der Waals surface area contributed by atoms with Gasteiger partial charge in [0.1, 0.15) is 5.82 Å². The van der Waals surface area contributed by atoms with E-state index in [1.165, 1.54) is 31.4 Å². The van der Waals surface area contributed by atoms with Gasteiger partial charge in [0.25, 0.3) is 0 Å². The van der Waals surface area contributed by atoms with Gasteiger partial charge in [-0.25, -0.2) is 4.98 Å². The summed E-state index contributed by atoms with van der Waals surface area (Å²) < 4.78 is 0. The summed E-state index contributed by atoms with van der Waals surface area (Å²) in [6, 6.07) is 10.4. The van der Waals surface area contributed by atoms with Crippen molar-refractivity contribution >= 4 is 29.0 Å². The maximum Gasteiger partial charge on any atom is 0.313 e. The minimum absolute atomic E-state index is 0.103. The van der Waals surface area contributed by atoms with Crippen LogP contribution in [0.15, 0.2) is 36.5 Å². The number of benzene rings is 1. The molecule has 0 spiro atoms. The molecule has 4 atom stereocenters. The number of carbonyl (C=O) groups is 2. The average Bonchev–Trinajstić information content (AvgIpc) is 3.32. The second kappa shape index (κ2) is 10.7. The van der Waals surface area contributed by atoms with Crippen molar-refractivity contribution in [2.75, 3.05) is 55.7 Å². The van der Waals surface area contributed by atoms with Crippen molar-refractivity contribution in [2.45, 2.75) is 45.6 Å². The first-order valence-electron chi connectivity index (χ1n) is 13.7. The molecule has 4 heterocycles. The van der Waals surface area contributed by atoms with E-state index in [2.05, 4.69) is 58.3 Å². The quantitative estimate of drug-likeness (QED) is 0.619. The zero-order chi connectivity index (χ0) is 26.1. The van der Waals surface area contributed by atoms with Crippen LogP contribution in [0.25, 0.3) is 0 Å². The predicted octanol–water partition coefficient (Wildman–Crippen LogP) is 3.55. The molecular weight excluding hydrogens is 464 g/mol. The van der Waals surface area contributed by atoms with Gasteiger partial charge in [-0.2, -0.15) is 0 Å². The molecular formula is C29H40N6O2. The lowest BCUT2D eigenvalue weighted by molar-refractivity contribution is -0.146. The van der Waals surface area contributed by atoms with E-state index >= 15 is 0 Å². The lowest BCUT2D eigenvalue weighted by Crippen LogP contribution is -2.46. The molecule has 37 heavy (non-hydrogen) atoms. The van der Waals surface area contributed by atoms with Crippen LogP contribution in [-0.4, -0.2) is 66.4 Å². The van der Waals surface area contributed by atoms with E-state index < -0.39 is 11.8 Å². The van der Waals surface area contributed by atoms with E-state index in [1.807, 2.05) is 6.92 Å². The van der Waals surface area contributed by atoms with Gasteiger partial charge in [0.15, 0.2) is 0 Å². The van der Waals surface area contributed by atoms with Gasteiger partial charge in [0, 0.05) is 31.9 Å². The minimum Gasteiger partial charge on any atom is -0.383 e. The molecule has 3 fully saturated rings. The number of anilines is 3. The lowest BCUT2D eigenvalue weighted by Gasteiger charge is -2.38.